The molecule has 6 nitrogen and oxygen atoms in total. The molecule has 0 atom stereocenters. The van der Waals surface area contributed by atoms with Crippen LogP contribution in [0.2, 0.25) is 0 Å². The lowest BCUT2D eigenvalue weighted by molar-refractivity contribution is 0.0948. The van der Waals surface area contributed by atoms with E-state index < -0.39 is 0 Å². The largest absolute Gasteiger partial charge is 0.350 e. The van der Waals surface area contributed by atoms with Gasteiger partial charge in [-0.15, -0.1) is 5.10 Å². The third kappa shape index (κ3) is 3.79. The van der Waals surface area contributed by atoms with Crippen LogP contribution in [0.25, 0.3) is 0 Å². The molecule has 0 bridgehead atoms. The number of aromatic nitrogens is 3. The molecule has 1 fully saturated rings. The van der Waals surface area contributed by atoms with Gasteiger partial charge in [0.15, 0.2) is 5.69 Å². The van der Waals surface area contributed by atoms with Crippen molar-refractivity contribution in [3.63, 3.8) is 0 Å². The monoisotopic (exact) mass is 331 g/mol. The molecule has 0 radical (unpaired) electrons. The summed E-state index contributed by atoms with van der Waals surface area (Å²) in [5.41, 5.74) is 2.17. The summed E-state index contributed by atoms with van der Waals surface area (Å²) in [6.45, 7) is 4.29. The van der Waals surface area contributed by atoms with Crippen molar-refractivity contribution in [1.29, 1.82) is 0 Å². The standard InChI is InChI=1S/C17H22FN5O/c1-12-16(21-22-23(12)15-7-9-19-10-8-15)17(24)20-11-6-13-2-4-14(18)5-3-13/h2-5,15,19H,6-11H2,1H3,(H,20,24). The first kappa shape index (κ1) is 16.6. The van der Waals surface area contributed by atoms with Gasteiger partial charge in [-0.3, -0.25) is 4.79 Å². The molecule has 1 aliphatic heterocycles. The van der Waals surface area contributed by atoms with Crippen molar-refractivity contribution in [2.75, 3.05) is 19.6 Å². The van der Waals surface area contributed by atoms with E-state index >= 15 is 0 Å². The van der Waals surface area contributed by atoms with E-state index in [4.69, 9.17) is 0 Å². The Kier molecular flexibility index (Phi) is 5.20. The number of halogens is 1. The van der Waals surface area contributed by atoms with Crippen molar-refractivity contribution < 1.29 is 9.18 Å². The van der Waals surface area contributed by atoms with Gasteiger partial charge in [-0.2, -0.15) is 0 Å². The number of piperidine rings is 1. The van der Waals surface area contributed by atoms with Crippen LogP contribution in [0, 0.1) is 12.7 Å². The average molecular weight is 331 g/mol. The van der Waals surface area contributed by atoms with E-state index in [-0.39, 0.29) is 11.7 Å². The van der Waals surface area contributed by atoms with Crippen LogP contribution < -0.4 is 10.6 Å². The molecule has 0 aliphatic carbocycles. The third-order valence-electron chi connectivity index (χ3n) is 4.41. The molecule has 0 unspecified atom stereocenters. The third-order valence-corrected chi connectivity index (χ3v) is 4.41. The highest BCUT2D eigenvalue weighted by molar-refractivity contribution is 5.93. The van der Waals surface area contributed by atoms with E-state index in [9.17, 15) is 9.18 Å². The molecular formula is C17H22FN5O. The van der Waals surface area contributed by atoms with Crippen LogP contribution in [-0.2, 0) is 6.42 Å². The number of rotatable bonds is 5. The molecule has 128 valence electrons. The number of carbonyl (C=O) groups excluding carboxylic acids is 1. The molecule has 0 spiro atoms. The highest BCUT2D eigenvalue weighted by Gasteiger charge is 2.22. The number of benzene rings is 1. The maximum atomic E-state index is 12.9. The lowest BCUT2D eigenvalue weighted by Gasteiger charge is -2.23. The summed E-state index contributed by atoms with van der Waals surface area (Å²) in [6.07, 6.45) is 2.64. The minimum atomic E-state index is -0.257. The number of nitrogens with zero attached hydrogens (tertiary/aromatic N) is 3. The Morgan fingerprint density at radius 2 is 2.04 bits per heavy atom. The Bertz CT molecular complexity index is 692. The summed E-state index contributed by atoms with van der Waals surface area (Å²) in [4.78, 5) is 12.3. The number of carbonyl (C=O) groups is 1. The van der Waals surface area contributed by atoms with Gasteiger partial charge in [0.1, 0.15) is 5.82 Å². The molecular weight excluding hydrogens is 309 g/mol. The van der Waals surface area contributed by atoms with Crippen molar-refractivity contribution in [1.82, 2.24) is 25.6 Å². The Morgan fingerprint density at radius 3 is 2.75 bits per heavy atom. The molecule has 1 amide bonds. The fourth-order valence-electron chi connectivity index (χ4n) is 3.00. The smallest absolute Gasteiger partial charge is 0.273 e. The van der Waals surface area contributed by atoms with Crippen LogP contribution in [0.15, 0.2) is 24.3 Å². The SMILES string of the molecule is Cc1c(C(=O)NCCc2ccc(F)cc2)nnn1C1CCNCC1. The zero-order valence-corrected chi connectivity index (χ0v) is 13.8. The van der Waals surface area contributed by atoms with E-state index in [0.717, 1.165) is 37.2 Å². The molecule has 3 rings (SSSR count). The minimum Gasteiger partial charge on any atom is -0.350 e. The Labute approximate surface area is 140 Å². The second kappa shape index (κ2) is 7.53. The van der Waals surface area contributed by atoms with Crippen LogP contribution in [0.1, 0.15) is 40.6 Å². The predicted octanol–water partition coefficient (Wildman–Crippen LogP) is 1.62. The van der Waals surface area contributed by atoms with Gasteiger partial charge in [0.2, 0.25) is 0 Å². The Balaban J connectivity index is 1.57. The summed E-state index contributed by atoms with van der Waals surface area (Å²) in [6, 6.07) is 6.59. The quantitative estimate of drug-likeness (QED) is 0.873. The summed E-state index contributed by atoms with van der Waals surface area (Å²) >= 11 is 0. The average Bonchev–Trinajstić information content (AvgIpc) is 2.99. The summed E-state index contributed by atoms with van der Waals surface area (Å²) < 4.78 is 14.7. The van der Waals surface area contributed by atoms with Crippen LogP contribution >= 0.6 is 0 Å². The van der Waals surface area contributed by atoms with Crippen LogP contribution in [0.3, 0.4) is 0 Å². The van der Waals surface area contributed by atoms with Crippen molar-refractivity contribution >= 4 is 5.91 Å². The first-order valence-corrected chi connectivity index (χ1v) is 8.30. The van der Waals surface area contributed by atoms with Crippen molar-refractivity contribution in [2.45, 2.75) is 32.2 Å². The number of amides is 1. The van der Waals surface area contributed by atoms with Crippen molar-refractivity contribution in [2.24, 2.45) is 0 Å². The molecule has 1 saturated heterocycles. The van der Waals surface area contributed by atoms with Gasteiger partial charge in [-0.25, -0.2) is 9.07 Å². The highest BCUT2D eigenvalue weighted by Crippen LogP contribution is 2.20. The molecule has 2 aromatic rings. The number of nitrogens with one attached hydrogen (secondary N) is 2. The first-order valence-electron chi connectivity index (χ1n) is 8.30. The normalized spacial score (nSPS) is 15.4. The first-order chi connectivity index (χ1) is 11.6. The predicted molar refractivity (Wildman–Crippen MR) is 88.3 cm³/mol. The van der Waals surface area contributed by atoms with Crippen molar-refractivity contribution in [3.8, 4) is 0 Å². The Hall–Kier alpha value is -2.28. The molecule has 1 aromatic carbocycles. The maximum absolute atomic E-state index is 12.9. The zero-order chi connectivity index (χ0) is 16.9. The second-order valence-electron chi connectivity index (χ2n) is 6.08. The van der Waals surface area contributed by atoms with Gasteiger partial charge in [0, 0.05) is 6.54 Å². The highest BCUT2D eigenvalue weighted by atomic mass is 19.1. The van der Waals surface area contributed by atoms with Crippen molar-refractivity contribution in [3.05, 3.63) is 47.0 Å². The topological polar surface area (TPSA) is 71.8 Å². The van der Waals surface area contributed by atoms with E-state index in [2.05, 4.69) is 20.9 Å². The zero-order valence-electron chi connectivity index (χ0n) is 13.8. The molecule has 2 heterocycles. The fourth-order valence-corrected chi connectivity index (χ4v) is 3.00. The molecule has 24 heavy (non-hydrogen) atoms. The summed E-state index contributed by atoms with van der Waals surface area (Å²) in [7, 11) is 0. The van der Waals surface area contributed by atoms with Gasteiger partial charge in [-0.1, -0.05) is 17.3 Å². The van der Waals surface area contributed by atoms with Gasteiger partial charge in [0.25, 0.3) is 5.91 Å². The summed E-state index contributed by atoms with van der Waals surface area (Å²) in [5.74, 6) is -0.470. The van der Waals surface area contributed by atoms with E-state index in [1.807, 2.05) is 11.6 Å². The lowest BCUT2D eigenvalue weighted by atomic mass is 10.1. The summed E-state index contributed by atoms with van der Waals surface area (Å²) in [5, 5.41) is 14.4. The van der Waals surface area contributed by atoms with E-state index in [0.29, 0.717) is 24.7 Å². The molecule has 1 aromatic heterocycles. The molecule has 1 aliphatic rings. The van der Waals surface area contributed by atoms with Gasteiger partial charge in [0.05, 0.1) is 11.7 Å². The molecule has 2 N–H and O–H groups in total. The van der Waals surface area contributed by atoms with Gasteiger partial charge < -0.3 is 10.6 Å². The number of hydrogen-bond acceptors (Lipinski definition) is 4. The van der Waals surface area contributed by atoms with Gasteiger partial charge >= 0.3 is 0 Å². The van der Waals surface area contributed by atoms with Crippen LogP contribution in [0.5, 0.6) is 0 Å². The fraction of sp³-hybridized carbons (Fsp3) is 0.471. The second-order valence-corrected chi connectivity index (χ2v) is 6.08. The van der Waals surface area contributed by atoms with E-state index in [1.165, 1.54) is 12.1 Å². The van der Waals surface area contributed by atoms with E-state index in [1.54, 1.807) is 12.1 Å². The lowest BCUT2D eigenvalue weighted by Crippen LogP contribution is -2.30. The molecule has 7 heteroatoms. The molecule has 0 saturated carbocycles. The number of hydrogen-bond donors (Lipinski definition) is 2. The van der Waals surface area contributed by atoms with Crippen LogP contribution in [-0.4, -0.2) is 40.5 Å². The van der Waals surface area contributed by atoms with Crippen LogP contribution in [0.4, 0.5) is 4.39 Å². The maximum Gasteiger partial charge on any atom is 0.273 e. The minimum absolute atomic E-state index is 0.213. The van der Waals surface area contributed by atoms with Gasteiger partial charge in [-0.05, 0) is 57.0 Å². The Morgan fingerprint density at radius 1 is 1.33 bits per heavy atom.